The second-order valence-corrected chi connectivity index (χ2v) is 9.28. The number of aliphatic hydroxyl groups is 1. The van der Waals surface area contributed by atoms with Crippen molar-refractivity contribution >= 4 is 28.9 Å². The first-order valence-corrected chi connectivity index (χ1v) is 12.1. The minimum atomic E-state index is 0.121. The van der Waals surface area contributed by atoms with Crippen molar-refractivity contribution in [2.75, 3.05) is 54.0 Å². The molecule has 3 heterocycles. The molecule has 0 aliphatic carbocycles. The molecule has 2 aliphatic rings. The number of para-hydroxylation sites is 1. The average Bonchev–Trinajstić information content (AvgIpc) is 3.34. The summed E-state index contributed by atoms with van der Waals surface area (Å²) in [5, 5.41) is 10.7. The van der Waals surface area contributed by atoms with Crippen LogP contribution >= 0.6 is 11.6 Å². The van der Waals surface area contributed by atoms with E-state index >= 15 is 0 Å². The van der Waals surface area contributed by atoms with Gasteiger partial charge in [-0.1, -0.05) is 53.6 Å². The molecule has 1 N–H and O–H groups in total. The Hall–Kier alpha value is -2.83. The van der Waals surface area contributed by atoms with Crippen molar-refractivity contribution < 1.29 is 5.11 Å². The van der Waals surface area contributed by atoms with E-state index in [0.29, 0.717) is 0 Å². The highest BCUT2D eigenvalue weighted by atomic mass is 35.5. The number of hydrogen-bond donors (Lipinski definition) is 1. The number of halogens is 1. The van der Waals surface area contributed by atoms with Crippen molar-refractivity contribution in [1.82, 2.24) is 9.97 Å². The topological polar surface area (TPSA) is 55.7 Å². The third-order valence-corrected chi connectivity index (χ3v) is 7.01. The van der Waals surface area contributed by atoms with Crippen LogP contribution in [0.3, 0.4) is 0 Å². The van der Waals surface area contributed by atoms with Crippen LogP contribution in [-0.4, -0.2) is 60.4 Å². The number of aryl methyl sites for hydroxylation is 1. The number of anilines is 3. The zero-order valence-corrected chi connectivity index (χ0v) is 19.7. The van der Waals surface area contributed by atoms with Crippen LogP contribution in [0.4, 0.5) is 17.3 Å². The lowest BCUT2D eigenvalue weighted by Gasteiger charge is -2.37. The van der Waals surface area contributed by atoms with E-state index in [1.54, 1.807) is 0 Å². The molecule has 0 radical (unpaired) electrons. The molecular formula is C26H30ClN5O. The normalized spacial score (nSPS) is 18.8. The van der Waals surface area contributed by atoms with Crippen LogP contribution in [0.25, 0.3) is 11.4 Å². The number of rotatable bonds is 5. The SMILES string of the molecule is Cc1ccc(-c2nc(N3CCN(c4ccccc4Cl)CC3)cc(N3CCCC3CO)n2)cc1. The molecule has 6 nitrogen and oxygen atoms in total. The van der Waals surface area contributed by atoms with Crippen molar-refractivity contribution in [2.45, 2.75) is 25.8 Å². The smallest absolute Gasteiger partial charge is 0.163 e. The van der Waals surface area contributed by atoms with E-state index in [1.165, 1.54) is 5.56 Å². The Morgan fingerprint density at radius 2 is 1.61 bits per heavy atom. The lowest BCUT2D eigenvalue weighted by atomic mass is 10.1. The van der Waals surface area contributed by atoms with Gasteiger partial charge >= 0.3 is 0 Å². The third-order valence-electron chi connectivity index (χ3n) is 6.69. The number of aromatic nitrogens is 2. The van der Waals surface area contributed by atoms with Gasteiger partial charge in [0.15, 0.2) is 5.82 Å². The molecule has 2 fully saturated rings. The lowest BCUT2D eigenvalue weighted by molar-refractivity contribution is 0.266. The van der Waals surface area contributed by atoms with Crippen LogP contribution in [0.2, 0.25) is 5.02 Å². The van der Waals surface area contributed by atoms with Crippen molar-refractivity contribution in [3.8, 4) is 11.4 Å². The summed E-state index contributed by atoms with van der Waals surface area (Å²) in [5.41, 5.74) is 3.31. The summed E-state index contributed by atoms with van der Waals surface area (Å²) in [6, 6.07) is 18.6. The maximum Gasteiger partial charge on any atom is 0.163 e. The zero-order valence-electron chi connectivity index (χ0n) is 19.0. The first-order chi connectivity index (χ1) is 16.1. The van der Waals surface area contributed by atoms with Crippen LogP contribution in [0.5, 0.6) is 0 Å². The summed E-state index contributed by atoms with van der Waals surface area (Å²) in [6.45, 7) is 6.63. The highest BCUT2D eigenvalue weighted by Gasteiger charge is 2.27. The fraction of sp³-hybridized carbons (Fsp3) is 0.385. The summed E-state index contributed by atoms with van der Waals surface area (Å²) in [5.74, 6) is 2.58. The maximum absolute atomic E-state index is 9.88. The second-order valence-electron chi connectivity index (χ2n) is 8.87. The summed E-state index contributed by atoms with van der Waals surface area (Å²) < 4.78 is 0. The average molecular weight is 464 g/mol. The monoisotopic (exact) mass is 463 g/mol. The molecule has 1 unspecified atom stereocenters. The van der Waals surface area contributed by atoms with Gasteiger partial charge in [-0.15, -0.1) is 0 Å². The minimum absolute atomic E-state index is 0.121. The van der Waals surface area contributed by atoms with Crippen LogP contribution < -0.4 is 14.7 Å². The number of aliphatic hydroxyl groups excluding tert-OH is 1. The Morgan fingerprint density at radius 3 is 2.33 bits per heavy atom. The first-order valence-electron chi connectivity index (χ1n) is 11.7. The molecule has 0 bridgehead atoms. The molecular weight excluding hydrogens is 434 g/mol. The quantitative estimate of drug-likeness (QED) is 0.605. The predicted octanol–water partition coefficient (Wildman–Crippen LogP) is 4.39. The van der Waals surface area contributed by atoms with E-state index in [1.807, 2.05) is 18.2 Å². The molecule has 1 atom stereocenters. The molecule has 7 heteroatoms. The second kappa shape index (κ2) is 9.57. The number of hydrogen-bond acceptors (Lipinski definition) is 6. The Bertz CT molecular complexity index is 1100. The van der Waals surface area contributed by atoms with Gasteiger partial charge in [0.1, 0.15) is 11.6 Å². The number of benzene rings is 2. The largest absolute Gasteiger partial charge is 0.394 e. The van der Waals surface area contributed by atoms with Gasteiger partial charge in [0, 0.05) is 44.4 Å². The standard InChI is InChI=1S/C26H30ClN5O/c1-19-8-10-20(11-9-19)26-28-24(17-25(29-26)32-12-4-5-21(32)18-33)31-15-13-30(14-16-31)23-7-3-2-6-22(23)27/h2-3,6-11,17,21,33H,4-5,12-16,18H2,1H3. The minimum Gasteiger partial charge on any atom is -0.394 e. The molecule has 172 valence electrons. The molecule has 2 saturated heterocycles. The maximum atomic E-state index is 9.88. The van der Waals surface area contributed by atoms with Gasteiger partial charge in [-0.25, -0.2) is 9.97 Å². The molecule has 2 aliphatic heterocycles. The van der Waals surface area contributed by atoms with E-state index in [9.17, 15) is 5.11 Å². The van der Waals surface area contributed by atoms with E-state index in [-0.39, 0.29) is 12.6 Å². The molecule has 5 rings (SSSR count). The summed E-state index contributed by atoms with van der Waals surface area (Å²) >= 11 is 6.43. The van der Waals surface area contributed by atoms with Gasteiger partial charge in [-0.3, -0.25) is 0 Å². The summed E-state index contributed by atoms with van der Waals surface area (Å²) in [6.07, 6.45) is 2.06. The van der Waals surface area contributed by atoms with Gasteiger partial charge in [0.05, 0.1) is 23.4 Å². The molecule has 3 aromatic rings. The molecule has 33 heavy (non-hydrogen) atoms. The van der Waals surface area contributed by atoms with Gasteiger partial charge < -0.3 is 19.8 Å². The van der Waals surface area contributed by atoms with Crippen LogP contribution in [-0.2, 0) is 0 Å². The summed E-state index contributed by atoms with van der Waals surface area (Å²) in [4.78, 5) is 16.8. The molecule has 2 aromatic carbocycles. The van der Waals surface area contributed by atoms with E-state index < -0.39 is 0 Å². The number of piperazine rings is 1. The van der Waals surface area contributed by atoms with Gasteiger partial charge in [-0.05, 0) is 31.9 Å². The Morgan fingerprint density at radius 1 is 0.909 bits per heavy atom. The van der Waals surface area contributed by atoms with E-state index in [4.69, 9.17) is 21.6 Å². The van der Waals surface area contributed by atoms with Crippen LogP contribution in [0, 0.1) is 6.92 Å². The van der Waals surface area contributed by atoms with Crippen molar-refractivity contribution in [1.29, 1.82) is 0 Å². The van der Waals surface area contributed by atoms with Gasteiger partial charge in [0.2, 0.25) is 0 Å². The van der Waals surface area contributed by atoms with Crippen molar-refractivity contribution in [2.24, 2.45) is 0 Å². The highest BCUT2D eigenvalue weighted by molar-refractivity contribution is 6.33. The first kappa shape index (κ1) is 22.0. The van der Waals surface area contributed by atoms with Gasteiger partial charge in [0.25, 0.3) is 0 Å². The van der Waals surface area contributed by atoms with Gasteiger partial charge in [-0.2, -0.15) is 0 Å². The van der Waals surface area contributed by atoms with E-state index in [0.717, 1.165) is 79.3 Å². The predicted molar refractivity (Wildman–Crippen MR) is 136 cm³/mol. The van der Waals surface area contributed by atoms with Crippen molar-refractivity contribution in [3.05, 3.63) is 65.2 Å². The Kier molecular flexibility index (Phi) is 6.38. The van der Waals surface area contributed by atoms with Crippen LogP contribution in [0.1, 0.15) is 18.4 Å². The molecule has 0 spiro atoms. The lowest BCUT2D eigenvalue weighted by Crippen LogP contribution is -2.47. The van der Waals surface area contributed by atoms with Crippen LogP contribution in [0.15, 0.2) is 54.6 Å². The Labute approximate surface area is 200 Å². The third kappa shape index (κ3) is 4.63. The molecule has 1 aromatic heterocycles. The molecule has 0 amide bonds. The van der Waals surface area contributed by atoms with E-state index in [2.05, 4.69) is 58.0 Å². The number of nitrogens with zero attached hydrogens (tertiary/aromatic N) is 5. The highest BCUT2D eigenvalue weighted by Crippen LogP contribution is 2.31. The summed E-state index contributed by atoms with van der Waals surface area (Å²) in [7, 11) is 0. The molecule has 0 saturated carbocycles. The fourth-order valence-electron chi connectivity index (χ4n) is 4.77. The Balaban J connectivity index is 1.44. The zero-order chi connectivity index (χ0) is 22.8. The van der Waals surface area contributed by atoms with Crippen molar-refractivity contribution in [3.63, 3.8) is 0 Å². The fourth-order valence-corrected chi connectivity index (χ4v) is 5.03.